The average Bonchev–Trinajstić information content (AvgIpc) is 2.53. The minimum absolute atomic E-state index is 0.0372. The Morgan fingerprint density at radius 2 is 1.57 bits per heavy atom. The number of amides is 1. The van der Waals surface area contributed by atoms with Gasteiger partial charge in [0.2, 0.25) is 10.0 Å². The van der Waals surface area contributed by atoms with E-state index in [9.17, 15) is 26.4 Å². The Morgan fingerprint density at radius 3 is 2.07 bits per heavy atom. The van der Waals surface area contributed by atoms with Crippen molar-refractivity contribution in [1.29, 1.82) is 0 Å². The van der Waals surface area contributed by atoms with Gasteiger partial charge in [0.05, 0.1) is 15.5 Å². The van der Waals surface area contributed by atoms with Gasteiger partial charge in [-0.3, -0.25) is 4.79 Å². The molecule has 0 bridgehead atoms. The molecule has 10 heteroatoms. The summed E-state index contributed by atoms with van der Waals surface area (Å²) in [6, 6.07) is 8.03. The van der Waals surface area contributed by atoms with Crippen LogP contribution in [0.3, 0.4) is 0 Å². The molecule has 0 spiro atoms. The van der Waals surface area contributed by atoms with Crippen LogP contribution in [0.5, 0.6) is 0 Å². The van der Waals surface area contributed by atoms with Gasteiger partial charge in [-0.1, -0.05) is 11.6 Å². The van der Waals surface area contributed by atoms with Crippen LogP contribution in [0.4, 0.5) is 18.9 Å². The van der Waals surface area contributed by atoms with Crippen molar-refractivity contribution in [2.24, 2.45) is 0 Å². The second kappa shape index (κ2) is 7.73. The summed E-state index contributed by atoms with van der Waals surface area (Å²) in [6.07, 6.45) is -4.66. The summed E-state index contributed by atoms with van der Waals surface area (Å²) in [5, 5.41) is 1.85. The monoisotopic (exact) mass is 434 g/mol. The molecule has 0 saturated carbocycles. The fraction of sp³-hybridized carbons (Fsp3) is 0.278. The molecule has 0 saturated heterocycles. The minimum Gasteiger partial charge on any atom is -0.322 e. The number of halogens is 4. The maximum atomic E-state index is 12.9. The van der Waals surface area contributed by atoms with Crippen LogP contribution < -0.4 is 10.0 Å². The highest BCUT2D eigenvalue weighted by Gasteiger charge is 2.33. The first-order valence-electron chi connectivity index (χ1n) is 8.01. The van der Waals surface area contributed by atoms with Crippen molar-refractivity contribution < 1.29 is 26.4 Å². The molecule has 152 valence electrons. The summed E-state index contributed by atoms with van der Waals surface area (Å²) < 4.78 is 65.7. The molecule has 0 aromatic heterocycles. The molecule has 2 rings (SSSR count). The van der Waals surface area contributed by atoms with Crippen LogP contribution in [0, 0.1) is 0 Å². The fourth-order valence-electron chi connectivity index (χ4n) is 2.27. The van der Waals surface area contributed by atoms with Gasteiger partial charge in [-0.2, -0.15) is 13.2 Å². The Morgan fingerprint density at radius 1 is 1.00 bits per heavy atom. The van der Waals surface area contributed by atoms with Crippen LogP contribution in [0.15, 0.2) is 47.4 Å². The van der Waals surface area contributed by atoms with E-state index in [4.69, 9.17) is 11.6 Å². The maximum Gasteiger partial charge on any atom is 0.417 e. The van der Waals surface area contributed by atoms with Crippen molar-refractivity contribution in [2.75, 3.05) is 5.32 Å². The molecule has 2 N–H and O–H groups in total. The van der Waals surface area contributed by atoms with E-state index in [1.807, 2.05) is 0 Å². The lowest BCUT2D eigenvalue weighted by molar-refractivity contribution is -0.137. The SMILES string of the molecule is CC(C)(C)NS(=O)(=O)c1ccc(C(=O)Nc2ccc(Cl)c(C(F)(F)F)c2)cc1. The van der Waals surface area contributed by atoms with Gasteiger partial charge < -0.3 is 5.32 Å². The number of carbonyl (C=O) groups is 1. The first kappa shape index (κ1) is 22.2. The predicted molar refractivity (Wildman–Crippen MR) is 101 cm³/mol. The van der Waals surface area contributed by atoms with Crippen LogP contribution >= 0.6 is 11.6 Å². The molecule has 28 heavy (non-hydrogen) atoms. The zero-order valence-electron chi connectivity index (χ0n) is 15.2. The van der Waals surface area contributed by atoms with Gasteiger partial charge in [0.25, 0.3) is 5.91 Å². The zero-order chi connectivity index (χ0) is 21.3. The largest absolute Gasteiger partial charge is 0.417 e. The van der Waals surface area contributed by atoms with Crippen LogP contribution in [-0.4, -0.2) is 19.9 Å². The Labute approximate surface area is 166 Å². The summed E-state index contributed by atoms with van der Waals surface area (Å²) in [6.45, 7) is 5.06. The first-order valence-corrected chi connectivity index (χ1v) is 9.87. The van der Waals surface area contributed by atoms with Crippen molar-refractivity contribution in [3.05, 3.63) is 58.6 Å². The Bertz CT molecular complexity index is 983. The van der Waals surface area contributed by atoms with Gasteiger partial charge in [-0.25, -0.2) is 13.1 Å². The summed E-state index contributed by atoms with van der Waals surface area (Å²) in [4.78, 5) is 12.2. The third kappa shape index (κ3) is 5.70. The molecule has 0 radical (unpaired) electrons. The molecule has 2 aromatic carbocycles. The highest BCUT2D eigenvalue weighted by molar-refractivity contribution is 7.89. The lowest BCUT2D eigenvalue weighted by Crippen LogP contribution is -2.40. The third-order valence-corrected chi connectivity index (χ3v) is 5.50. The van der Waals surface area contributed by atoms with E-state index >= 15 is 0 Å². The van der Waals surface area contributed by atoms with Gasteiger partial charge in [0, 0.05) is 16.8 Å². The first-order chi connectivity index (χ1) is 12.7. The summed E-state index contributed by atoms with van der Waals surface area (Å²) in [5.74, 6) is -0.692. The van der Waals surface area contributed by atoms with Gasteiger partial charge in [-0.15, -0.1) is 0 Å². The van der Waals surface area contributed by atoms with Crippen molar-refractivity contribution in [1.82, 2.24) is 4.72 Å². The second-order valence-corrected chi connectivity index (χ2v) is 9.12. The summed E-state index contributed by atoms with van der Waals surface area (Å²) >= 11 is 5.54. The number of nitrogens with one attached hydrogen (secondary N) is 2. The second-order valence-electron chi connectivity index (χ2n) is 7.03. The van der Waals surface area contributed by atoms with E-state index in [1.54, 1.807) is 20.8 Å². The lowest BCUT2D eigenvalue weighted by Gasteiger charge is -2.20. The maximum absolute atomic E-state index is 12.9. The molecule has 2 aromatic rings. The number of anilines is 1. The molecule has 0 aliphatic carbocycles. The number of benzene rings is 2. The van der Waals surface area contributed by atoms with Crippen molar-refractivity contribution in [3.63, 3.8) is 0 Å². The van der Waals surface area contributed by atoms with E-state index in [0.29, 0.717) is 0 Å². The van der Waals surface area contributed by atoms with Crippen LogP contribution in [-0.2, 0) is 16.2 Å². The highest BCUT2D eigenvalue weighted by atomic mass is 35.5. The molecule has 0 aliphatic rings. The topological polar surface area (TPSA) is 75.3 Å². The summed E-state index contributed by atoms with van der Waals surface area (Å²) in [7, 11) is -3.77. The molecule has 0 heterocycles. The fourth-order valence-corrected chi connectivity index (χ4v) is 3.91. The number of hydrogen-bond acceptors (Lipinski definition) is 3. The van der Waals surface area contributed by atoms with Crippen LogP contribution in [0.2, 0.25) is 5.02 Å². The van der Waals surface area contributed by atoms with E-state index in [1.165, 1.54) is 30.3 Å². The molecular formula is C18H18ClF3N2O3S. The molecule has 0 fully saturated rings. The molecule has 1 amide bonds. The summed E-state index contributed by atoms with van der Waals surface area (Å²) in [5.41, 5.74) is -1.76. The molecule has 0 unspecified atom stereocenters. The Kier molecular flexibility index (Phi) is 6.13. The standard InChI is InChI=1S/C18H18ClF3N2O3S/c1-17(2,3)24-28(26,27)13-7-4-11(5-8-13)16(25)23-12-6-9-15(19)14(10-12)18(20,21)22/h4-10,24H,1-3H3,(H,23,25). The highest BCUT2D eigenvalue weighted by Crippen LogP contribution is 2.36. The van der Waals surface area contributed by atoms with E-state index in [-0.39, 0.29) is 16.1 Å². The van der Waals surface area contributed by atoms with Crippen LogP contribution in [0.1, 0.15) is 36.7 Å². The molecule has 0 atom stereocenters. The number of rotatable bonds is 4. The van der Waals surface area contributed by atoms with Crippen molar-refractivity contribution >= 4 is 33.2 Å². The smallest absolute Gasteiger partial charge is 0.322 e. The van der Waals surface area contributed by atoms with E-state index in [0.717, 1.165) is 12.1 Å². The zero-order valence-corrected chi connectivity index (χ0v) is 16.8. The number of hydrogen-bond donors (Lipinski definition) is 2. The lowest BCUT2D eigenvalue weighted by atomic mass is 10.1. The van der Waals surface area contributed by atoms with Gasteiger partial charge in [-0.05, 0) is 63.2 Å². The predicted octanol–water partition coefficient (Wildman–Crippen LogP) is 4.69. The normalized spacial score (nSPS) is 12.7. The van der Waals surface area contributed by atoms with Crippen molar-refractivity contribution in [3.8, 4) is 0 Å². The minimum atomic E-state index is -4.66. The van der Waals surface area contributed by atoms with Gasteiger partial charge in [0.1, 0.15) is 0 Å². The van der Waals surface area contributed by atoms with Crippen LogP contribution in [0.25, 0.3) is 0 Å². The van der Waals surface area contributed by atoms with E-state index in [2.05, 4.69) is 10.0 Å². The number of carbonyl (C=O) groups excluding carboxylic acids is 1. The van der Waals surface area contributed by atoms with E-state index < -0.39 is 38.2 Å². The quantitative estimate of drug-likeness (QED) is 0.733. The Hall–Kier alpha value is -2.10. The number of alkyl halides is 3. The van der Waals surface area contributed by atoms with Gasteiger partial charge >= 0.3 is 6.18 Å². The Balaban J connectivity index is 2.21. The molecular weight excluding hydrogens is 417 g/mol. The molecule has 0 aliphatic heterocycles. The average molecular weight is 435 g/mol. The third-order valence-electron chi connectivity index (χ3n) is 3.40. The van der Waals surface area contributed by atoms with Gasteiger partial charge in [0.15, 0.2) is 0 Å². The number of sulfonamides is 1. The molecule has 5 nitrogen and oxygen atoms in total. The van der Waals surface area contributed by atoms with Crippen molar-refractivity contribution in [2.45, 2.75) is 37.4 Å².